The van der Waals surface area contributed by atoms with E-state index in [1.54, 1.807) is 6.20 Å². The standard InChI is InChI=1S/C14H20ClN3/c1-3-11(4-2)12(15)10-17-14-7-5-6-13-16-8-9-18(13)14/h5-9,11-12,17H,3-4,10H2,1-2H3. The summed E-state index contributed by atoms with van der Waals surface area (Å²) in [6.45, 7) is 5.17. The fourth-order valence-corrected chi connectivity index (χ4v) is 2.69. The van der Waals surface area contributed by atoms with Gasteiger partial charge in [-0.3, -0.25) is 4.40 Å². The molecule has 3 nitrogen and oxygen atoms in total. The molecule has 0 radical (unpaired) electrons. The van der Waals surface area contributed by atoms with Crippen molar-refractivity contribution in [3.63, 3.8) is 0 Å². The number of hydrogen-bond donors (Lipinski definition) is 1. The van der Waals surface area contributed by atoms with Crippen molar-refractivity contribution >= 4 is 23.1 Å². The number of hydrogen-bond acceptors (Lipinski definition) is 2. The molecule has 1 unspecified atom stereocenters. The highest BCUT2D eigenvalue weighted by Gasteiger charge is 2.15. The second-order valence-corrected chi connectivity index (χ2v) is 5.10. The van der Waals surface area contributed by atoms with Gasteiger partial charge in [-0.15, -0.1) is 11.6 Å². The Balaban J connectivity index is 2.04. The van der Waals surface area contributed by atoms with Crippen LogP contribution < -0.4 is 5.32 Å². The van der Waals surface area contributed by atoms with Crippen molar-refractivity contribution in [1.29, 1.82) is 0 Å². The van der Waals surface area contributed by atoms with Crippen LogP contribution in [0.15, 0.2) is 30.6 Å². The van der Waals surface area contributed by atoms with Crippen LogP contribution in [0.25, 0.3) is 5.65 Å². The summed E-state index contributed by atoms with van der Waals surface area (Å²) in [5.74, 6) is 1.61. The first-order valence-electron chi connectivity index (χ1n) is 6.56. The van der Waals surface area contributed by atoms with Crippen LogP contribution in [0.1, 0.15) is 26.7 Å². The maximum Gasteiger partial charge on any atom is 0.138 e. The number of aromatic nitrogens is 2. The first kappa shape index (κ1) is 13.2. The number of anilines is 1. The van der Waals surface area contributed by atoms with E-state index in [9.17, 15) is 0 Å². The van der Waals surface area contributed by atoms with Gasteiger partial charge in [0.25, 0.3) is 0 Å². The van der Waals surface area contributed by atoms with Crippen molar-refractivity contribution in [2.24, 2.45) is 5.92 Å². The van der Waals surface area contributed by atoms with Gasteiger partial charge in [0.15, 0.2) is 0 Å². The van der Waals surface area contributed by atoms with Crippen LogP contribution in [-0.2, 0) is 0 Å². The molecular formula is C14H20ClN3. The summed E-state index contributed by atoms with van der Waals surface area (Å²) in [7, 11) is 0. The molecule has 0 bridgehead atoms. The van der Waals surface area contributed by atoms with Gasteiger partial charge in [-0.2, -0.15) is 0 Å². The highest BCUT2D eigenvalue weighted by molar-refractivity contribution is 6.21. The molecule has 0 saturated carbocycles. The van der Waals surface area contributed by atoms with Gasteiger partial charge in [0.1, 0.15) is 11.5 Å². The number of pyridine rings is 1. The lowest BCUT2D eigenvalue weighted by molar-refractivity contribution is 0.475. The zero-order valence-electron chi connectivity index (χ0n) is 10.9. The third-order valence-electron chi connectivity index (χ3n) is 3.47. The summed E-state index contributed by atoms with van der Waals surface area (Å²) in [5.41, 5.74) is 0.952. The Morgan fingerprint density at radius 2 is 2.11 bits per heavy atom. The number of halogens is 1. The van der Waals surface area contributed by atoms with Gasteiger partial charge in [0.2, 0.25) is 0 Å². The van der Waals surface area contributed by atoms with Crippen LogP contribution in [-0.4, -0.2) is 21.3 Å². The lowest BCUT2D eigenvalue weighted by Crippen LogP contribution is -2.23. The van der Waals surface area contributed by atoms with Crippen LogP contribution in [0.3, 0.4) is 0 Å². The zero-order valence-corrected chi connectivity index (χ0v) is 11.7. The third-order valence-corrected chi connectivity index (χ3v) is 3.98. The van der Waals surface area contributed by atoms with Gasteiger partial charge in [-0.25, -0.2) is 4.98 Å². The summed E-state index contributed by atoms with van der Waals surface area (Å²) < 4.78 is 2.04. The number of alkyl halides is 1. The molecular weight excluding hydrogens is 246 g/mol. The number of nitrogens with one attached hydrogen (secondary N) is 1. The SMILES string of the molecule is CCC(CC)C(Cl)CNc1cccc2nccn12. The fraction of sp³-hybridized carbons (Fsp3) is 0.500. The Kier molecular flexibility index (Phi) is 4.48. The minimum Gasteiger partial charge on any atom is -0.370 e. The molecule has 2 heterocycles. The van der Waals surface area contributed by atoms with Crippen LogP contribution >= 0.6 is 11.6 Å². The zero-order chi connectivity index (χ0) is 13.0. The molecule has 0 spiro atoms. The summed E-state index contributed by atoms with van der Waals surface area (Å²) in [6, 6.07) is 6.04. The Morgan fingerprint density at radius 3 is 2.83 bits per heavy atom. The second kappa shape index (κ2) is 6.10. The largest absolute Gasteiger partial charge is 0.370 e. The highest BCUT2D eigenvalue weighted by atomic mass is 35.5. The Morgan fingerprint density at radius 1 is 1.33 bits per heavy atom. The second-order valence-electron chi connectivity index (χ2n) is 4.54. The maximum absolute atomic E-state index is 6.43. The van der Waals surface area contributed by atoms with Crippen LogP contribution in [0.2, 0.25) is 0 Å². The van der Waals surface area contributed by atoms with E-state index in [-0.39, 0.29) is 5.38 Å². The van der Waals surface area contributed by atoms with E-state index in [1.165, 1.54) is 0 Å². The molecule has 98 valence electrons. The van der Waals surface area contributed by atoms with E-state index in [0.29, 0.717) is 5.92 Å². The van der Waals surface area contributed by atoms with Gasteiger partial charge in [-0.05, 0) is 18.1 Å². The summed E-state index contributed by atoms with van der Waals surface area (Å²) in [6.07, 6.45) is 6.01. The normalized spacial score (nSPS) is 13.1. The van der Waals surface area contributed by atoms with E-state index in [4.69, 9.17) is 11.6 Å². The molecule has 2 aromatic heterocycles. The minimum atomic E-state index is 0.166. The van der Waals surface area contributed by atoms with Crippen molar-refractivity contribution in [3.8, 4) is 0 Å². The smallest absolute Gasteiger partial charge is 0.138 e. The third kappa shape index (κ3) is 2.78. The highest BCUT2D eigenvalue weighted by Crippen LogP contribution is 2.19. The maximum atomic E-state index is 6.43. The van der Waals surface area contributed by atoms with Gasteiger partial charge in [0.05, 0.1) is 5.38 Å². The van der Waals surface area contributed by atoms with Gasteiger partial charge in [0, 0.05) is 18.9 Å². The average molecular weight is 266 g/mol. The average Bonchev–Trinajstić information content (AvgIpc) is 2.86. The molecule has 4 heteroatoms. The van der Waals surface area contributed by atoms with Crippen molar-refractivity contribution < 1.29 is 0 Å². The van der Waals surface area contributed by atoms with E-state index >= 15 is 0 Å². The number of fused-ring (bicyclic) bond motifs is 1. The molecule has 0 fully saturated rings. The van der Waals surface area contributed by atoms with Gasteiger partial charge < -0.3 is 5.32 Å². The molecule has 0 aromatic carbocycles. The topological polar surface area (TPSA) is 29.3 Å². The van der Waals surface area contributed by atoms with E-state index in [0.717, 1.165) is 30.9 Å². The molecule has 2 rings (SSSR count). The molecule has 0 saturated heterocycles. The Bertz CT molecular complexity index is 490. The van der Waals surface area contributed by atoms with Crippen LogP contribution in [0.4, 0.5) is 5.82 Å². The first-order chi connectivity index (χ1) is 8.76. The summed E-state index contributed by atoms with van der Waals surface area (Å²) in [4.78, 5) is 4.26. The molecule has 0 aliphatic carbocycles. The first-order valence-corrected chi connectivity index (χ1v) is 7.00. The molecule has 0 aliphatic rings. The van der Waals surface area contributed by atoms with E-state index in [1.807, 2.05) is 28.8 Å². The molecule has 0 amide bonds. The summed E-state index contributed by atoms with van der Waals surface area (Å²) in [5, 5.41) is 3.58. The predicted molar refractivity (Wildman–Crippen MR) is 77.4 cm³/mol. The van der Waals surface area contributed by atoms with Crippen LogP contribution in [0, 0.1) is 5.92 Å². The van der Waals surface area contributed by atoms with Gasteiger partial charge >= 0.3 is 0 Å². The molecule has 0 aliphatic heterocycles. The molecule has 1 atom stereocenters. The Hall–Kier alpha value is -1.22. The van der Waals surface area contributed by atoms with Crippen molar-refractivity contribution in [3.05, 3.63) is 30.6 Å². The Labute approximate surface area is 113 Å². The fourth-order valence-electron chi connectivity index (χ4n) is 2.26. The molecule has 2 aromatic rings. The summed E-state index contributed by atoms with van der Waals surface area (Å²) >= 11 is 6.43. The van der Waals surface area contributed by atoms with Crippen molar-refractivity contribution in [2.75, 3.05) is 11.9 Å². The van der Waals surface area contributed by atoms with Crippen LogP contribution in [0.5, 0.6) is 0 Å². The van der Waals surface area contributed by atoms with E-state index < -0.39 is 0 Å². The molecule has 18 heavy (non-hydrogen) atoms. The lowest BCUT2D eigenvalue weighted by atomic mass is 9.99. The van der Waals surface area contributed by atoms with E-state index in [2.05, 4.69) is 24.1 Å². The number of imidazole rings is 1. The lowest BCUT2D eigenvalue weighted by Gasteiger charge is -2.20. The minimum absolute atomic E-state index is 0.166. The predicted octanol–water partition coefficient (Wildman–Crippen LogP) is 3.79. The number of rotatable bonds is 6. The number of nitrogens with zero attached hydrogens (tertiary/aromatic N) is 2. The van der Waals surface area contributed by atoms with Crippen molar-refractivity contribution in [2.45, 2.75) is 32.1 Å². The quantitative estimate of drug-likeness (QED) is 0.806. The van der Waals surface area contributed by atoms with Gasteiger partial charge in [-0.1, -0.05) is 32.8 Å². The molecule has 1 N–H and O–H groups in total. The monoisotopic (exact) mass is 265 g/mol. The van der Waals surface area contributed by atoms with Crippen molar-refractivity contribution in [1.82, 2.24) is 9.38 Å².